The fourth-order valence-electron chi connectivity index (χ4n) is 2.34. The van der Waals surface area contributed by atoms with Crippen molar-refractivity contribution in [3.63, 3.8) is 0 Å². The fourth-order valence-corrected chi connectivity index (χ4v) is 3.45. The van der Waals surface area contributed by atoms with Crippen LogP contribution in [0.1, 0.15) is 11.1 Å². The maximum atomic E-state index is 14.3. The SMILES string of the molecule is Cc1cc(F)c(/N=C(\c2ccc(F)cc2)N(C)C)cc1[S+]([O-])CC(F)(F)F. The minimum atomic E-state index is -4.61. The summed E-state index contributed by atoms with van der Waals surface area (Å²) >= 11 is -2.38. The first-order valence-electron chi connectivity index (χ1n) is 7.75. The monoisotopic (exact) mass is 404 g/mol. The molecule has 0 amide bonds. The summed E-state index contributed by atoms with van der Waals surface area (Å²) in [7, 11) is 3.27. The van der Waals surface area contributed by atoms with Gasteiger partial charge in [-0.25, -0.2) is 13.8 Å². The van der Waals surface area contributed by atoms with Crippen LogP contribution in [0.25, 0.3) is 0 Å². The van der Waals surface area contributed by atoms with E-state index in [0.29, 0.717) is 5.56 Å². The highest BCUT2D eigenvalue weighted by Gasteiger charge is 2.36. The summed E-state index contributed by atoms with van der Waals surface area (Å²) in [6.07, 6.45) is -4.61. The largest absolute Gasteiger partial charge is 0.611 e. The minimum absolute atomic E-state index is 0.135. The Balaban J connectivity index is 2.51. The van der Waals surface area contributed by atoms with E-state index in [1.54, 1.807) is 19.0 Å². The van der Waals surface area contributed by atoms with Gasteiger partial charge in [-0.1, -0.05) is 0 Å². The third-order valence-electron chi connectivity index (χ3n) is 3.54. The van der Waals surface area contributed by atoms with Crippen molar-refractivity contribution in [3.05, 3.63) is 59.2 Å². The Labute approximate surface area is 156 Å². The molecule has 27 heavy (non-hydrogen) atoms. The average molecular weight is 404 g/mol. The van der Waals surface area contributed by atoms with Crippen LogP contribution < -0.4 is 0 Å². The summed E-state index contributed by atoms with van der Waals surface area (Å²) in [6, 6.07) is 7.37. The van der Waals surface area contributed by atoms with Crippen LogP contribution in [0.3, 0.4) is 0 Å². The van der Waals surface area contributed by atoms with Crippen LogP contribution >= 0.6 is 0 Å². The lowest BCUT2D eigenvalue weighted by Gasteiger charge is -2.18. The molecule has 0 spiro atoms. The second-order valence-corrected chi connectivity index (χ2v) is 7.43. The molecule has 0 fully saturated rings. The summed E-state index contributed by atoms with van der Waals surface area (Å²) in [4.78, 5) is 5.59. The molecule has 2 rings (SSSR count). The topological polar surface area (TPSA) is 38.7 Å². The quantitative estimate of drug-likeness (QED) is 0.324. The zero-order valence-electron chi connectivity index (χ0n) is 14.8. The van der Waals surface area contributed by atoms with Gasteiger partial charge in [-0.2, -0.15) is 13.2 Å². The molecule has 0 heterocycles. The Morgan fingerprint density at radius 2 is 1.70 bits per heavy atom. The smallest absolute Gasteiger partial charge is 0.433 e. The van der Waals surface area contributed by atoms with Gasteiger partial charge in [0.25, 0.3) is 0 Å². The number of amidine groups is 1. The molecule has 9 heteroatoms. The van der Waals surface area contributed by atoms with Gasteiger partial charge in [0, 0.05) is 31.3 Å². The number of alkyl halides is 3. The van der Waals surface area contributed by atoms with Crippen LogP contribution in [-0.2, 0) is 11.2 Å². The van der Waals surface area contributed by atoms with Gasteiger partial charge in [0.2, 0.25) is 5.75 Å². The normalized spacial score (nSPS) is 13.6. The van der Waals surface area contributed by atoms with Gasteiger partial charge in [0.15, 0.2) is 4.90 Å². The van der Waals surface area contributed by atoms with Crippen LogP contribution in [0.15, 0.2) is 46.3 Å². The van der Waals surface area contributed by atoms with Crippen LogP contribution in [0.4, 0.5) is 27.6 Å². The van der Waals surface area contributed by atoms with Gasteiger partial charge < -0.3 is 9.45 Å². The maximum absolute atomic E-state index is 14.3. The summed E-state index contributed by atoms with van der Waals surface area (Å²) in [5.74, 6) is -2.48. The average Bonchev–Trinajstić information content (AvgIpc) is 2.53. The molecule has 1 atom stereocenters. The molecule has 2 aromatic rings. The highest BCUT2D eigenvalue weighted by atomic mass is 32.2. The molecule has 0 aromatic heterocycles. The van der Waals surface area contributed by atoms with Crippen molar-refractivity contribution in [3.8, 4) is 0 Å². The molecule has 0 aliphatic rings. The number of benzene rings is 2. The molecule has 0 radical (unpaired) electrons. The van der Waals surface area contributed by atoms with E-state index in [4.69, 9.17) is 0 Å². The predicted octanol–water partition coefficient (Wildman–Crippen LogP) is 4.58. The number of rotatable bonds is 4. The Morgan fingerprint density at radius 3 is 2.22 bits per heavy atom. The molecular formula is C18H17F5N2OS. The second-order valence-electron chi connectivity index (χ2n) is 6.01. The van der Waals surface area contributed by atoms with E-state index >= 15 is 0 Å². The van der Waals surface area contributed by atoms with Gasteiger partial charge in [0.1, 0.15) is 23.2 Å². The van der Waals surface area contributed by atoms with E-state index in [-0.39, 0.29) is 22.0 Å². The highest BCUT2D eigenvalue weighted by Crippen LogP contribution is 2.30. The number of hydrogen-bond donors (Lipinski definition) is 0. The fraction of sp³-hybridized carbons (Fsp3) is 0.278. The van der Waals surface area contributed by atoms with Crippen molar-refractivity contribution < 1.29 is 26.5 Å². The van der Waals surface area contributed by atoms with E-state index in [9.17, 15) is 26.5 Å². The van der Waals surface area contributed by atoms with Crippen LogP contribution in [0.2, 0.25) is 0 Å². The third-order valence-corrected chi connectivity index (χ3v) is 5.06. The van der Waals surface area contributed by atoms with Gasteiger partial charge in [0.05, 0.1) is 0 Å². The molecule has 2 aromatic carbocycles. The first-order valence-corrected chi connectivity index (χ1v) is 9.07. The van der Waals surface area contributed by atoms with Crippen molar-refractivity contribution in [2.75, 3.05) is 19.8 Å². The van der Waals surface area contributed by atoms with Crippen molar-refractivity contribution in [2.24, 2.45) is 4.99 Å². The van der Waals surface area contributed by atoms with Crippen LogP contribution in [0, 0.1) is 18.6 Å². The molecular weight excluding hydrogens is 387 g/mol. The van der Waals surface area contributed by atoms with Crippen molar-refractivity contribution in [1.82, 2.24) is 4.90 Å². The summed E-state index contributed by atoms with van der Waals surface area (Å²) in [5, 5.41) is 0. The van der Waals surface area contributed by atoms with Crippen molar-refractivity contribution in [2.45, 2.75) is 18.0 Å². The molecule has 0 aliphatic carbocycles. The molecule has 0 aliphatic heterocycles. The van der Waals surface area contributed by atoms with Gasteiger partial charge >= 0.3 is 6.18 Å². The molecule has 0 saturated carbocycles. The number of aliphatic imine (C=N–C) groups is 1. The van der Waals surface area contributed by atoms with Gasteiger partial charge in [-0.15, -0.1) is 0 Å². The van der Waals surface area contributed by atoms with E-state index in [1.165, 1.54) is 31.2 Å². The lowest BCUT2D eigenvalue weighted by Crippen LogP contribution is -2.24. The third kappa shape index (κ3) is 5.67. The zero-order chi connectivity index (χ0) is 20.4. The summed E-state index contributed by atoms with van der Waals surface area (Å²) in [5.41, 5.74) is 0.376. The van der Waals surface area contributed by atoms with Crippen molar-refractivity contribution in [1.29, 1.82) is 0 Å². The lowest BCUT2D eigenvalue weighted by atomic mass is 10.2. The molecule has 0 bridgehead atoms. The van der Waals surface area contributed by atoms with E-state index in [1.807, 2.05) is 0 Å². The van der Waals surface area contributed by atoms with E-state index < -0.39 is 34.7 Å². The number of nitrogens with zero attached hydrogens (tertiary/aromatic N) is 2. The Hall–Kier alpha value is -2.13. The Kier molecular flexibility index (Phi) is 6.48. The number of hydrogen-bond acceptors (Lipinski definition) is 2. The molecule has 3 nitrogen and oxygen atoms in total. The van der Waals surface area contributed by atoms with E-state index in [0.717, 1.165) is 12.1 Å². The molecule has 0 saturated heterocycles. The first-order chi connectivity index (χ1) is 12.5. The van der Waals surface area contributed by atoms with Crippen molar-refractivity contribution >= 4 is 22.7 Å². The maximum Gasteiger partial charge on any atom is 0.433 e. The summed E-state index contributed by atoms with van der Waals surface area (Å²) < 4.78 is 77.1. The Morgan fingerprint density at radius 1 is 1.11 bits per heavy atom. The summed E-state index contributed by atoms with van der Waals surface area (Å²) in [6.45, 7) is 1.38. The predicted molar refractivity (Wildman–Crippen MR) is 94.8 cm³/mol. The number of halogens is 5. The standard InChI is InChI=1S/C18H17F5N2OS/c1-11-8-14(20)15(9-16(11)27(26)10-18(21,22)23)24-17(25(2)3)12-4-6-13(19)7-5-12/h4-9H,10H2,1-3H3/b24-17+. The van der Waals surface area contributed by atoms with E-state index in [2.05, 4.69) is 4.99 Å². The van der Waals surface area contributed by atoms with Crippen LogP contribution in [-0.4, -0.2) is 41.3 Å². The Bertz CT molecular complexity index is 835. The molecule has 0 N–H and O–H groups in total. The molecule has 1 unspecified atom stereocenters. The lowest BCUT2D eigenvalue weighted by molar-refractivity contribution is -0.106. The highest BCUT2D eigenvalue weighted by molar-refractivity contribution is 7.91. The first kappa shape index (κ1) is 21.2. The number of aryl methyl sites for hydroxylation is 1. The minimum Gasteiger partial charge on any atom is -0.611 e. The molecule has 146 valence electrons. The van der Waals surface area contributed by atoms with Gasteiger partial charge in [-0.3, -0.25) is 0 Å². The van der Waals surface area contributed by atoms with Gasteiger partial charge in [-0.05, 0) is 48.4 Å². The van der Waals surface area contributed by atoms with Crippen LogP contribution in [0.5, 0.6) is 0 Å². The zero-order valence-corrected chi connectivity index (χ0v) is 15.6. The second kappa shape index (κ2) is 8.26.